The average Bonchev–Trinajstić information content (AvgIpc) is 2.95. The molecule has 0 spiro atoms. The number of nitrogens with zero attached hydrogens (tertiary/aromatic N) is 2. The zero-order valence-corrected chi connectivity index (χ0v) is 12.6. The summed E-state index contributed by atoms with van der Waals surface area (Å²) in [5, 5.41) is 2.85. The summed E-state index contributed by atoms with van der Waals surface area (Å²) in [4.78, 5) is 21.9. The van der Waals surface area contributed by atoms with Gasteiger partial charge in [-0.05, 0) is 37.3 Å². The third kappa shape index (κ3) is 3.48. The molecule has 0 bridgehead atoms. The van der Waals surface area contributed by atoms with E-state index in [2.05, 4.69) is 15.3 Å². The Hall–Kier alpha value is -2.73. The van der Waals surface area contributed by atoms with Crippen LogP contribution in [-0.4, -0.2) is 15.9 Å². The van der Waals surface area contributed by atoms with Crippen LogP contribution in [0.4, 0.5) is 5.69 Å². The van der Waals surface area contributed by atoms with E-state index in [1.807, 2.05) is 19.1 Å². The van der Waals surface area contributed by atoms with Crippen molar-refractivity contribution in [2.24, 2.45) is 0 Å². The quantitative estimate of drug-likeness (QED) is 0.794. The molecule has 2 heterocycles. The molecule has 22 heavy (non-hydrogen) atoms. The molecule has 1 N–H and O–H groups in total. The molecule has 3 aromatic rings. The summed E-state index contributed by atoms with van der Waals surface area (Å²) in [5.41, 5.74) is 0.657. The van der Waals surface area contributed by atoms with Crippen LogP contribution in [0.5, 0.6) is 11.8 Å². The van der Waals surface area contributed by atoms with Crippen molar-refractivity contribution in [2.45, 2.75) is 6.92 Å². The monoisotopic (exact) mass is 311 g/mol. The molecule has 3 rings (SSSR count). The summed E-state index contributed by atoms with van der Waals surface area (Å²) in [6.45, 7) is 1.97. The van der Waals surface area contributed by atoms with Crippen LogP contribution in [0, 0.1) is 6.92 Å². The van der Waals surface area contributed by atoms with Crippen molar-refractivity contribution in [1.82, 2.24) is 9.97 Å². The van der Waals surface area contributed by atoms with Gasteiger partial charge in [-0.1, -0.05) is 6.07 Å². The molecule has 2 aromatic heterocycles. The smallest absolute Gasteiger partial charge is 0.321 e. The van der Waals surface area contributed by atoms with E-state index in [1.54, 1.807) is 42.7 Å². The number of benzene rings is 1. The summed E-state index contributed by atoms with van der Waals surface area (Å²) in [6.07, 6.45) is 3.21. The minimum Gasteiger partial charge on any atom is -0.424 e. The van der Waals surface area contributed by atoms with Gasteiger partial charge in [0.1, 0.15) is 5.75 Å². The Morgan fingerprint density at radius 3 is 2.68 bits per heavy atom. The highest BCUT2D eigenvalue weighted by Gasteiger charge is 2.09. The Morgan fingerprint density at radius 1 is 1.14 bits per heavy atom. The zero-order valence-electron chi connectivity index (χ0n) is 11.8. The SMILES string of the molecule is Cc1ccc(C(=O)Nc2cccc(Oc3ncccn3)c2)s1. The number of thiophene rings is 1. The molecule has 0 saturated heterocycles. The molecular formula is C16H13N3O2S. The molecule has 0 fully saturated rings. The third-order valence-electron chi connectivity index (χ3n) is 2.81. The first-order valence-electron chi connectivity index (χ1n) is 6.63. The standard InChI is InChI=1S/C16H13N3O2S/c1-11-6-7-14(22-11)15(20)19-12-4-2-5-13(10-12)21-16-17-8-3-9-18-16/h2-10H,1H3,(H,19,20). The van der Waals surface area contributed by atoms with Gasteiger partial charge in [0.05, 0.1) is 4.88 Å². The number of hydrogen-bond acceptors (Lipinski definition) is 5. The average molecular weight is 311 g/mol. The normalized spacial score (nSPS) is 10.2. The van der Waals surface area contributed by atoms with Gasteiger partial charge in [-0.3, -0.25) is 4.79 Å². The lowest BCUT2D eigenvalue weighted by atomic mass is 10.3. The van der Waals surface area contributed by atoms with Crippen LogP contribution in [0.25, 0.3) is 0 Å². The first-order valence-corrected chi connectivity index (χ1v) is 7.45. The van der Waals surface area contributed by atoms with Gasteiger partial charge < -0.3 is 10.1 Å². The molecule has 0 unspecified atom stereocenters. The van der Waals surface area contributed by atoms with Crippen molar-refractivity contribution in [1.29, 1.82) is 0 Å². The van der Waals surface area contributed by atoms with Crippen LogP contribution in [0.2, 0.25) is 0 Å². The fourth-order valence-electron chi connectivity index (χ4n) is 1.83. The second-order valence-electron chi connectivity index (χ2n) is 4.53. The molecule has 5 nitrogen and oxygen atoms in total. The molecule has 0 atom stereocenters. The molecule has 0 radical (unpaired) electrons. The van der Waals surface area contributed by atoms with Gasteiger partial charge in [-0.2, -0.15) is 0 Å². The fourth-order valence-corrected chi connectivity index (χ4v) is 2.59. The Kier molecular flexibility index (Phi) is 4.11. The van der Waals surface area contributed by atoms with Crippen molar-refractivity contribution in [3.63, 3.8) is 0 Å². The van der Waals surface area contributed by atoms with Crippen molar-refractivity contribution in [3.05, 3.63) is 64.6 Å². The van der Waals surface area contributed by atoms with E-state index in [1.165, 1.54) is 11.3 Å². The van der Waals surface area contributed by atoms with Gasteiger partial charge in [0.15, 0.2) is 0 Å². The van der Waals surface area contributed by atoms with Gasteiger partial charge in [0.25, 0.3) is 5.91 Å². The minimum absolute atomic E-state index is 0.133. The maximum absolute atomic E-state index is 12.1. The van der Waals surface area contributed by atoms with E-state index in [0.717, 1.165) is 4.88 Å². The largest absolute Gasteiger partial charge is 0.424 e. The number of carbonyl (C=O) groups is 1. The summed E-state index contributed by atoms with van der Waals surface area (Å²) in [7, 11) is 0. The van der Waals surface area contributed by atoms with E-state index < -0.39 is 0 Å². The van der Waals surface area contributed by atoms with E-state index in [9.17, 15) is 4.79 Å². The molecular weight excluding hydrogens is 298 g/mol. The number of anilines is 1. The first kappa shape index (κ1) is 14.2. The molecule has 0 aliphatic rings. The van der Waals surface area contributed by atoms with Gasteiger partial charge in [0, 0.05) is 29.0 Å². The summed E-state index contributed by atoms with van der Waals surface area (Å²) in [6, 6.07) is 12.8. The van der Waals surface area contributed by atoms with Crippen LogP contribution in [-0.2, 0) is 0 Å². The maximum atomic E-state index is 12.1. The number of aromatic nitrogens is 2. The van der Waals surface area contributed by atoms with Crippen LogP contribution in [0.3, 0.4) is 0 Å². The van der Waals surface area contributed by atoms with Crippen LogP contribution >= 0.6 is 11.3 Å². The lowest BCUT2D eigenvalue weighted by Crippen LogP contribution is -2.09. The van der Waals surface area contributed by atoms with E-state index >= 15 is 0 Å². The lowest BCUT2D eigenvalue weighted by Gasteiger charge is -2.07. The Morgan fingerprint density at radius 2 is 1.95 bits per heavy atom. The van der Waals surface area contributed by atoms with Crippen LogP contribution < -0.4 is 10.1 Å². The Bertz CT molecular complexity index is 787. The number of carbonyl (C=O) groups excluding carboxylic acids is 1. The van der Waals surface area contributed by atoms with Gasteiger partial charge >= 0.3 is 6.01 Å². The second kappa shape index (κ2) is 6.36. The number of ether oxygens (including phenoxy) is 1. The summed E-state index contributed by atoms with van der Waals surface area (Å²) < 4.78 is 5.54. The number of aryl methyl sites for hydroxylation is 1. The number of hydrogen-bond donors (Lipinski definition) is 1. The molecule has 1 aromatic carbocycles. The molecule has 110 valence electrons. The fraction of sp³-hybridized carbons (Fsp3) is 0.0625. The molecule has 0 aliphatic heterocycles. The van der Waals surface area contributed by atoms with Crippen LogP contribution in [0.1, 0.15) is 14.5 Å². The first-order chi connectivity index (χ1) is 10.7. The number of nitrogens with one attached hydrogen (secondary N) is 1. The summed E-state index contributed by atoms with van der Waals surface area (Å²) >= 11 is 1.46. The Balaban J connectivity index is 1.72. The van der Waals surface area contributed by atoms with Crippen molar-refractivity contribution < 1.29 is 9.53 Å². The zero-order chi connectivity index (χ0) is 15.4. The molecule has 0 saturated carbocycles. The maximum Gasteiger partial charge on any atom is 0.321 e. The Labute approximate surface area is 131 Å². The minimum atomic E-state index is -0.133. The van der Waals surface area contributed by atoms with Gasteiger partial charge in [0.2, 0.25) is 0 Å². The summed E-state index contributed by atoms with van der Waals surface area (Å²) in [5.74, 6) is 0.428. The van der Waals surface area contributed by atoms with E-state index in [0.29, 0.717) is 16.3 Å². The predicted octanol–water partition coefficient (Wildman–Crippen LogP) is 3.89. The second-order valence-corrected chi connectivity index (χ2v) is 5.81. The molecule has 0 aliphatic carbocycles. The molecule has 1 amide bonds. The predicted molar refractivity (Wildman–Crippen MR) is 85.6 cm³/mol. The van der Waals surface area contributed by atoms with Crippen molar-refractivity contribution >= 4 is 22.9 Å². The van der Waals surface area contributed by atoms with E-state index in [4.69, 9.17) is 4.74 Å². The van der Waals surface area contributed by atoms with Crippen LogP contribution in [0.15, 0.2) is 54.9 Å². The highest BCUT2D eigenvalue weighted by molar-refractivity contribution is 7.14. The van der Waals surface area contributed by atoms with Crippen molar-refractivity contribution in [2.75, 3.05) is 5.32 Å². The topological polar surface area (TPSA) is 64.1 Å². The lowest BCUT2D eigenvalue weighted by molar-refractivity contribution is 0.103. The van der Waals surface area contributed by atoms with Crippen molar-refractivity contribution in [3.8, 4) is 11.8 Å². The highest BCUT2D eigenvalue weighted by Crippen LogP contribution is 2.23. The number of rotatable bonds is 4. The van der Waals surface area contributed by atoms with E-state index in [-0.39, 0.29) is 11.9 Å². The highest BCUT2D eigenvalue weighted by atomic mass is 32.1. The van der Waals surface area contributed by atoms with Gasteiger partial charge in [-0.15, -0.1) is 11.3 Å². The van der Waals surface area contributed by atoms with Gasteiger partial charge in [-0.25, -0.2) is 9.97 Å². The molecule has 6 heteroatoms. The number of amides is 1. The third-order valence-corrected chi connectivity index (χ3v) is 3.81.